The molecule has 1 N–H and O–H groups in total. The molecule has 30 heavy (non-hydrogen) atoms. The van der Waals surface area contributed by atoms with Gasteiger partial charge in [0.05, 0.1) is 0 Å². The molecule has 174 valence electrons. The van der Waals surface area contributed by atoms with Gasteiger partial charge in [-0.15, -0.1) is 0 Å². The highest BCUT2D eigenvalue weighted by Gasteiger charge is 2.30. The summed E-state index contributed by atoms with van der Waals surface area (Å²) >= 11 is 0. The van der Waals surface area contributed by atoms with E-state index in [0.29, 0.717) is 17.9 Å². The van der Waals surface area contributed by atoms with Crippen molar-refractivity contribution in [1.29, 1.82) is 0 Å². The fraction of sp³-hybridized carbons (Fsp3) is 0.963. The third-order valence-corrected chi connectivity index (χ3v) is 9.10. The molecule has 1 amide bonds. The smallest absolute Gasteiger partial charge is 0.222 e. The van der Waals surface area contributed by atoms with Crippen LogP contribution in [0.3, 0.4) is 0 Å². The number of rotatable bonds is 8. The molecule has 0 radical (unpaired) electrons. The fourth-order valence-corrected chi connectivity index (χ4v) is 6.64. The Morgan fingerprint density at radius 1 is 0.867 bits per heavy atom. The van der Waals surface area contributed by atoms with Gasteiger partial charge in [-0.25, -0.2) is 0 Å². The second-order valence-corrected chi connectivity index (χ2v) is 11.5. The highest BCUT2D eigenvalue weighted by atomic mass is 16.2. The van der Waals surface area contributed by atoms with Gasteiger partial charge in [0.15, 0.2) is 0 Å². The number of carbonyl (C=O) groups excluding carboxylic acids is 1. The van der Waals surface area contributed by atoms with Gasteiger partial charge < -0.3 is 10.2 Å². The zero-order valence-electron chi connectivity index (χ0n) is 20.5. The van der Waals surface area contributed by atoms with Crippen molar-refractivity contribution < 1.29 is 4.79 Å². The first-order valence-electron chi connectivity index (χ1n) is 13.4. The monoisotopic (exact) mass is 418 g/mol. The summed E-state index contributed by atoms with van der Waals surface area (Å²) in [7, 11) is 0. The fourth-order valence-electron chi connectivity index (χ4n) is 6.64. The number of likely N-dealkylation sites (tertiary alicyclic amines) is 1. The van der Waals surface area contributed by atoms with Gasteiger partial charge in [-0.1, -0.05) is 59.8 Å². The minimum absolute atomic E-state index is 0.417. The molecule has 3 heteroatoms. The van der Waals surface area contributed by atoms with Crippen LogP contribution < -0.4 is 5.32 Å². The molecule has 2 aliphatic heterocycles. The summed E-state index contributed by atoms with van der Waals surface area (Å²) in [6.07, 6.45) is 15.5. The molecule has 1 saturated carbocycles. The lowest BCUT2D eigenvalue weighted by atomic mass is 9.75. The van der Waals surface area contributed by atoms with Crippen LogP contribution in [0.2, 0.25) is 0 Å². The van der Waals surface area contributed by atoms with Crippen LogP contribution in [0.25, 0.3) is 0 Å². The normalized spacial score (nSPS) is 29.2. The van der Waals surface area contributed by atoms with Crippen molar-refractivity contribution in [2.45, 2.75) is 111 Å². The molecule has 4 unspecified atom stereocenters. The van der Waals surface area contributed by atoms with Crippen LogP contribution in [0.4, 0.5) is 0 Å². The predicted molar refractivity (Wildman–Crippen MR) is 127 cm³/mol. The summed E-state index contributed by atoms with van der Waals surface area (Å²) in [6, 6.07) is 0.703. The predicted octanol–water partition coefficient (Wildman–Crippen LogP) is 6.27. The Bertz CT molecular complexity index is 505. The summed E-state index contributed by atoms with van der Waals surface area (Å²) in [5.41, 5.74) is 0. The van der Waals surface area contributed by atoms with Gasteiger partial charge >= 0.3 is 0 Å². The SMILES string of the molecule is CC(C)C1CCN(C(=O)CCC(C)C2CCNC(CC(C)C3CCCCC3)C2)CC1. The van der Waals surface area contributed by atoms with Crippen molar-refractivity contribution in [1.82, 2.24) is 10.2 Å². The van der Waals surface area contributed by atoms with Crippen molar-refractivity contribution in [3.05, 3.63) is 0 Å². The van der Waals surface area contributed by atoms with E-state index < -0.39 is 0 Å². The zero-order valence-corrected chi connectivity index (χ0v) is 20.5. The van der Waals surface area contributed by atoms with Crippen molar-refractivity contribution in [3.8, 4) is 0 Å². The lowest BCUT2D eigenvalue weighted by molar-refractivity contribution is -0.133. The maximum Gasteiger partial charge on any atom is 0.222 e. The van der Waals surface area contributed by atoms with E-state index in [0.717, 1.165) is 55.5 Å². The van der Waals surface area contributed by atoms with Crippen LogP contribution in [0.15, 0.2) is 0 Å². The van der Waals surface area contributed by atoms with E-state index in [1.165, 1.54) is 70.8 Å². The van der Waals surface area contributed by atoms with E-state index in [1.54, 1.807) is 0 Å². The molecular weight excluding hydrogens is 368 g/mol. The van der Waals surface area contributed by atoms with E-state index in [1.807, 2.05) is 0 Å². The molecule has 0 bridgehead atoms. The van der Waals surface area contributed by atoms with Crippen LogP contribution in [-0.2, 0) is 4.79 Å². The Kier molecular flexibility index (Phi) is 9.54. The minimum Gasteiger partial charge on any atom is -0.343 e. The number of hydrogen-bond donors (Lipinski definition) is 1. The molecule has 0 aromatic heterocycles. The summed E-state index contributed by atoms with van der Waals surface area (Å²) in [5.74, 6) is 5.31. The highest BCUT2D eigenvalue weighted by molar-refractivity contribution is 5.76. The van der Waals surface area contributed by atoms with E-state index in [2.05, 4.69) is 37.9 Å². The van der Waals surface area contributed by atoms with Gasteiger partial charge in [0, 0.05) is 25.6 Å². The lowest BCUT2D eigenvalue weighted by Gasteiger charge is -2.37. The van der Waals surface area contributed by atoms with E-state index >= 15 is 0 Å². The Hall–Kier alpha value is -0.570. The first-order valence-corrected chi connectivity index (χ1v) is 13.4. The summed E-state index contributed by atoms with van der Waals surface area (Å²) in [4.78, 5) is 14.9. The molecule has 2 heterocycles. The van der Waals surface area contributed by atoms with Crippen molar-refractivity contribution in [2.24, 2.45) is 35.5 Å². The van der Waals surface area contributed by atoms with Gasteiger partial charge in [-0.3, -0.25) is 4.79 Å². The molecular formula is C27H50N2O. The Balaban J connectivity index is 1.37. The first-order chi connectivity index (χ1) is 14.4. The molecule has 4 atom stereocenters. The maximum absolute atomic E-state index is 12.8. The first kappa shape index (κ1) is 24.1. The van der Waals surface area contributed by atoms with Crippen LogP contribution in [0, 0.1) is 35.5 Å². The molecule has 1 aliphatic carbocycles. The Morgan fingerprint density at radius 2 is 1.57 bits per heavy atom. The molecule has 3 aliphatic rings. The van der Waals surface area contributed by atoms with Crippen LogP contribution in [0.5, 0.6) is 0 Å². The standard InChI is InChI=1S/C27H50N2O/c1-20(2)23-13-16-29(17-14-23)27(30)11-10-21(3)25-12-15-28-26(19-25)18-22(4)24-8-6-5-7-9-24/h20-26,28H,5-19H2,1-4H3. The third kappa shape index (κ3) is 6.97. The van der Waals surface area contributed by atoms with Crippen molar-refractivity contribution in [2.75, 3.05) is 19.6 Å². The van der Waals surface area contributed by atoms with Crippen molar-refractivity contribution in [3.63, 3.8) is 0 Å². The average Bonchev–Trinajstić information content (AvgIpc) is 2.78. The van der Waals surface area contributed by atoms with E-state index in [9.17, 15) is 4.79 Å². The second-order valence-electron chi connectivity index (χ2n) is 11.5. The summed E-state index contributed by atoms with van der Waals surface area (Å²) in [5, 5.41) is 3.83. The number of carbonyl (C=O) groups is 1. The number of piperidine rings is 2. The quantitative estimate of drug-likeness (QED) is 0.503. The molecule has 0 aromatic rings. The number of nitrogens with one attached hydrogen (secondary N) is 1. The minimum atomic E-state index is 0.417. The van der Waals surface area contributed by atoms with Gasteiger partial charge in [0.2, 0.25) is 5.91 Å². The second kappa shape index (κ2) is 11.9. The van der Waals surface area contributed by atoms with Gasteiger partial charge in [0.25, 0.3) is 0 Å². The van der Waals surface area contributed by atoms with Gasteiger partial charge in [-0.2, -0.15) is 0 Å². The summed E-state index contributed by atoms with van der Waals surface area (Å²) in [6.45, 7) is 12.7. The van der Waals surface area contributed by atoms with Gasteiger partial charge in [-0.05, 0) is 80.6 Å². The van der Waals surface area contributed by atoms with Crippen LogP contribution >= 0.6 is 0 Å². The van der Waals surface area contributed by atoms with E-state index in [-0.39, 0.29) is 0 Å². The largest absolute Gasteiger partial charge is 0.343 e. The number of amides is 1. The zero-order chi connectivity index (χ0) is 21.5. The van der Waals surface area contributed by atoms with Crippen LogP contribution in [0.1, 0.15) is 105 Å². The van der Waals surface area contributed by atoms with E-state index in [4.69, 9.17) is 0 Å². The van der Waals surface area contributed by atoms with Crippen molar-refractivity contribution >= 4 is 5.91 Å². The number of hydrogen-bond acceptors (Lipinski definition) is 2. The lowest BCUT2D eigenvalue weighted by Crippen LogP contribution is -2.42. The van der Waals surface area contributed by atoms with Crippen LogP contribution in [-0.4, -0.2) is 36.5 Å². The molecule has 3 fully saturated rings. The topological polar surface area (TPSA) is 32.3 Å². The summed E-state index contributed by atoms with van der Waals surface area (Å²) < 4.78 is 0. The molecule has 0 aromatic carbocycles. The molecule has 3 nitrogen and oxygen atoms in total. The van der Waals surface area contributed by atoms with Gasteiger partial charge in [0.1, 0.15) is 0 Å². The molecule has 2 saturated heterocycles. The Labute approximate surface area is 187 Å². The highest BCUT2D eigenvalue weighted by Crippen LogP contribution is 2.35. The number of nitrogens with zero attached hydrogens (tertiary/aromatic N) is 1. The molecule has 3 rings (SSSR count). The third-order valence-electron chi connectivity index (χ3n) is 9.10. The molecule has 0 spiro atoms. The Morgan fingerprint density at radius 3 is 2.23 bits per heavy atom. The maximum atomic E-state index is 12.8. The average molecular weight is 419 g/mol.